The van der Waals surface area contributed by atoms with Gasteiger partial charge in [0.15, 0.2) is 0 Å². The quantitative estimate of drug-likeness (QED) is 0.826. The Hall–Kier alpha value is -0.460. The summed E-state index contributed by atoms with van der Waals surface area (Å²) in [6.07, 6.45) is 1.55. The van der Waals surface area contributed by atoms with E-state index in [1.54, 1.807) is 18.8 Å². The van der Waals surface area contributed by atoms with Gasteiger partial charge in [-0.25, -0.2) is 0 Å². The van der Waals surface area contributed by atoms with Gasteiger partial charge in [-0.05, 0) is 0 Å². The highest BCUT2D eigenvalue weighted by Crippen LogP contribution is 2.05. The molecule has 0 fully saturated rings. The van der Waals surface area contributed by atoms with E-state index < -0.39 is 0 Å². The third-order valence-corrected chi connectivity index (χ3v) is 3.10. The highest BCUT2D eigenvalue weighted by atomic mass is 79.9. The lowest BCUT2D eigenvalue weighted by Gasteiger charge is -2.13. The van der Waals surface area contributed by atoms with Crippen LogP contribution in [0, 0.1) is 0 Å². The van der Waals surface area contributed by atoms with Crippen LogP contribution < -0.4 is 5.32 Å². The highest BCUT2D eigenvalue weighted by molar-refractivity contribution is 9.09. The van der Waals surface area contributed by atoms with Gasteiger partial charge in [-0.2, -0.15) is 0 Å². The molecule has 1 amide bonds. The number of carbonyl (C=O) groups is 1. The molecule has 1 aromatic heterocycles. The molecule has 0 spiro atoms. The molecule has 0 saturated heterocycles. The number of halogens is 1. The zero-order chi connectivity index (χ0) is 10.4. The van der Waals surface area contributed by atoms with Gasteiger partial charge in [0.05, 0.1) is 24.4 Å². The third kappa shape index (κ3) is 3.36. The van der Waals surface area contributed by atoms with Crippen molar-refractivity contribution in [2.45, 2.75) is 6.04 Å². The predicted octanol–water partition coefficient (Wildman–Crippen LogP) is 1.28. The van der Waals surface area contributed by atoms with Crippen LogP contribution in [0.2, 0.25) is 0 Å². The third-order valence-electron chi connectivity index (χ3n) is 1.55. The van der Waals surface area contributed by atoms with Crippen molar-refractivity contribution in [1.29, 1.82) is 0 Å². The van der Waals surface area contributed by atoms with Crippen LogP contribution in [0.25, 0.3) is 0 Å². The molecule has 4 nitrogen and oxygen atoms in total. The Morgan fingerprint density at radius 3 is 3.14 bits per heavy atom. The van der Waals surface area contributed by atoms with Gasteiger partial charge in [0.1, 0.15) is 4.88 Å². The van der Waals surface area contributed by atoms with Crippen molar-refractivity contribution >= 4 is 33.2 Å². The second-order valence-electron chi connectivity index (χ2n) is 2.65. The Bertz CT molecular complexity index is 279. The van der Waals surface area contributed by atoms with E-state index in [0.29, 0.717) is 16.8 Å². The summed E-state index contributed by atoms with van der Waals surface area (Å²) in [7, 11) is 1.61. The first kappa shape index (κ1) is 11.6. The molecule has 0 saturated carbocycles. The molecule has 0 radical (unpaired) electrons. The SMILES string of the molecule is COCC(CBr)NC(=O)c1cncs1. The minimum Gasteiger partial charge on any atom is -0.383 e. The fourth-order valence-corrected chi connectivity index (χ4v) is 1.78. The molecule has 78 valence electrons. The van der Waals surface area contributed by atoms with E-state index in [9.17, 15) is 4.79 Å². The monoisotopic (exact) mass is 278 g/mol. The Labute approximate surface area is 94.8 Å². The number of nitrogens with one attached hydrogen (secondary N) is 1. The lowest BCUT2D eigenvalue weighted by atomic mass is 10.3. The molecule has 1 aromatic rings. The predicted molar refractivity (Wildman–Crippen MR) is 59.0 cm³/mol. The van der Waals surface area contributed by atoms with Gasteiger partial charge >= 0.3 is 0 Å². The Morgan fingerprint density at radius 2 is 2.64 bits per heavy atom. The first-order valence-electron chi connectivity index (χ1n) is 4.02. The number of methoxy groups -OCH3 is 1. The van der Waals surface area contributed by atoms with Gasteiger partial charge in [-0.3, -0.25) is 9.78 Å². The topological polar surface area (TPSA) is 51.2 Å². The molecule has 0 aliphatic heterocycles. The first-order chi connectivity index (χ1) is 6.77. The van der Waals surface area contributed by atoms with Crippen molar-refractivity contribution in [3.63, 3.8) is 0 Å². The van der Waals surface area contributed by atoms with Crippen molar-refractivity contribution in [2.75, 3.05) is 19.0 Å². The van der Waals surface area contributed by atoms with Gasteiger partial charge in [0, 0.05) is 12.4 Å². The van der Waals surface area contributed by atoms with Crippen LogP contribution >= 0.6 is 27.3 Å². The maximum atomic E-state index is 11.5. The number of ether oxygens (including phenoxy) is 1. The van der Waals surface area contributed by atoms with Crippen molar-refractivity contribution in [3.05, 3.63) is 16.6 Å². The van der Waals surface area contributed by atoms with Crippen LogP contribution in [0.3, 0.4) is 0 Å². The van der Waals surface area contributed by atoms with E-state index in [2.05, 4.69) is 26.2 Å². The molecule has 1 atom stereocenters. The maximum Gasteiger partial charge on any atom is 0.263 e. The summed E-state index contributed by atoms with van der Waals surface area (Å²) in [5, 5.41) is 3.50. The number of amides is 1. The Morgan fingerprint density at radius 1 is 1.86 bits per heavy atom. The minimum absolute atomic E-state index is 0.00500. The summed E-state index contributed by atoms with van der Waals surface area (Å²) in [5.74, 6) is -0.103. The summed E-state index contributed by atoms with van der Waals surface area (Å²) in [4.78, 5) is 16.0. The molecular weight excluding hydrogens is 268 g/mol. The number of alkyl halides is 1. The fraction of sp³-hybridized carbons (Fsp3) is 0.500. The molecule has 1 rings (SSSR count). The van der Waals surface area contributed by atoms with E-state index in [1.165, 1.54) is 11.3 Å². The number of hydrogen-bond acceptors (Lipinski definition) is 4. The number of aromatic nitrogens is 1. The molecule has 1 unspecified atom stereocenters. The summed E-state index contributed by atoms with van der Waals surface area (Å²) in [6, 6.07) is -0.00500. The Balaban J connectivity index is 2.47. The highest BCUT2D eigenvalue weighted by Gasteiger charge is 2.13. The largest absolute Gasteiger partial charge is 0.383 e. The molecule has 1 N–H and O–H groups in total. The van der Waals surface area contributed by atoms with Crippen LogP contribution in [0.1, 0.15) is 9.67 Å². The van der Waals surface area contributed by atoms with Gasteiger partial charge in [-0.1, -0.05) is 15.9 Å². The maximum absolute atomic E-state index is 11.5. The van der Waals surface area contributed by atoms with Crippen LogP contribution in [-0.4, -0.2) is 36.0 Å². The zero-order valence-electron chi connectivity index (χ0n) is 7.70. The fourth-order valence-electron chi connectivity index (χ4n) is 0.910. The van der Waals surface area contributed by atoms with Crippen molar-refractivity contribution in [2.24, 2.45) is 0 Å². The van der Waals surface area contributed by atoms with Crippen molar-refractivity contribution in [3.8, 4) is 0 Å². The van der Waals surface area contributed by atoms with Gasteiger partial charge in [0.2, 0.25) is 0 Å². The number of carbonyl (C=O) groups excluding carboxylic acids is 1. The molecule has 14 heavy (non-hydrogen) atoms. The van der Waals surface area contributed by atoms with E-state index >= 15 is 0 Å². The standard InChI is InChI=1S/C8H11BrN2O2S/c1-13-4-6(2-9)11-8(12)7-3-10-5-14-7/h3,5-6H,2,4H2,1H3,(H,11,12). The second kappa shape index (κ2) is 6.10. The van der Waals surface area contributed by atoms with Crippen LogP contribution in [0.4, 0.5) is 0 Å². The molecule has 1 heterocycles. The minimum atomic E-state index is -0.103. The van der Waals surface area contributed by atoms with Gasteiger partial charge < -0.3 is 10.1 Å². The lowest BCUT2D eigenvalue weighted by Crippen LogP contribution is -2.38. The van der Waals surface area contributed by atoms with E-state index in [4.69, 9.17) is 4.74 Å². The van der Waals surface area contributed by atoms with Crippen LogP contribution in [0.5, 0.6) is 0 Å². The number of thiazole rings is 1. The summed E-state index contributed by atoms with van der Waals surface area (Å²) in [6.45, 7) is 0.496. The van der Waals surface area contributed by atoms with Gasteiger partial charge in [0.25, 0.3) is 5.91 Å². The molecule has 0 aliphatic rings. The zero-order valence-corrected chi connectivity index (χ0v) is 10.1. The molecular formula is C8H11BrN2O2S. The van der Waals surface area contributed by atoms with Crippen molar-refractivity contribution in [1.82, 2.24) is 10.3 Å². The first-order valence-corrected chi connectivity index (χ1v) is 6.02. The van der Waals surface area contributed by atoms with E-state index in [-0.39, 0.29) is 11.9 Å². The smallest absolute Gasteiger partial charge is 0.263 e. The summed E-state index contributed by atoms with van der Waals surface area (Å²) in [5.41, 5.74) is 1.63. The molecule has 6 heteroatoms. The summed E-state index contributed by atoms with van der Waals surface area (Å²) >= 11 is 4.62. The normalized spacial score (nSPS) is 12.4. The summed E-state index contributed by atoms with van der Waals surface area (Å²) < 4.78 is 4.96. The van der Waals surface area contributed by atoms with Crippen molar-refractivity contribution < 1.29 is 9.53 Å². The molecule has 0 aliphatic carbocycles. The van der Waals surface area contributed by atoms with E-state index in [1.807, 2.05) is 0 Å². The molecule has 0 bridgehead atoms. The van der Waals surface area contributed by atoms with E-state index in [0.717, 1.165) is 0 Å². The van der Waals surface area contributed by atoms with Crippen LogP contribution in [0.15, 0.2) is 11.7 Å². The molecule has 0 aromatic carbocycles. The number of hydrogen-bond donors (Lipinski definition) is 1. The van der Waals surface area contributed by atoms with Gasteiger partial charge in [-0.15, -0.1) is 11.3 Å². The second-order valence-corrected chi connectivity index (χ2v) is 4.18. The average molecular weight is 279 g/mol. The average Bonchev–Trinajstić information content (AvgIpc) is 2.69. The Kier molecular flexibility index (Phi) is 5.06. The number of nitrogens with zero attached hydrogens (tertiary/aromatic N) is 1. The number of rotatable bonds is 5. The lowest BCUT2D eigenvalue weighted by molar-refractivity contribution is 0.0912. The van der Waals surface area contributed by atoms with Crippen LogP contribution in [-0.2, 0) is 4.74 Å².